The van der Waals surface area contributed by atoms with Gasteiger partial charge in [0.2, 0.25) is 5.91 Å². The summed E-state index contributed by atoms with van der Waals surface area (Å²) < 4.78 is 19.6. The number of ether oxygens (including phenoxy) is 1. The minimum absolute atomic E-state index is 0.101. The molecule has 2 heterocycles. The van der Waals surface area contributed by atoms with E-state index in [0.717, 1.165) is 42.0 Å². The van der Waals surface area contributed by atoms with Gasteiger partial charge in [0.15, 0.2) is 0 Å². The highest BCUT2D eigenvalue weighted by atomic mass is 19.1. The summed E-state index contributed by atoms with van der Waals surface area (Å²) in [5, 5.41) is 3.15. The molecule has 0 spiro atoms. The van der Waals surface area contributed by atoms with Gasteiger partial charge in [-0.25, -0.2) is 14.4 Å². The minimum Gasteiger partial charge on any atom is -0.497 e. The molecule has 0 saturated heterocycles. The van der Waals surface area contributed by atoms with Gasteiger partial charge in [-0.15, -0.1) is 0 Å². The average Bonchev–Trinajstić information content (AvgIpc) is 2.79. The first-order valence-electron chi connectivity index (χ1n) is 12.7. The molecular weight excluding hydrogens is 431 g/mol. The van der Waals surface area contributed by atoms with Gasteiger partial charge in [0.05, 0.1) is 12.8 Å². The Morgan fingerprint density at radius 2 is 1.91 bits per heavy atom. The van der Waals surface area contributed by atoms with Crippen LogP contribution in [-0.4, -0.2) is 34.4 Å². The molecule has 1 aromatic heterocycles. The molecule has 5 aliphatic rings. The molecule has 4 saturated carbocycles. The van der Waals surface area contributed by atoms with Crippen molar-refractivity contribution in [1.82, 2.24) is 14.9 Å². The van der Waals surface area contributed by atoms with Crippen LogP contribution in [0.3, 0.4) is 0 Å². The quantitative estimate of drug-likeness (QED) is 0.670. The van der Waals surface area contributed by atoms with Gasteiger partial charge >= 0.3 is 0 Å². The van der Waals surface area contributed by atoms with Gasteiger partial charge in [0, 0.05) is 37.2 Å². The Morgan fingerprint density at radius 1 is 1.18 bits per heavy atom. The van der Waals surface area contributed by atoms with Crippen molar-refractivity contribution in [2.24, 2.45) is 23.2 Å². The van der Waals surface area contributed by atoms with Gasteiger partial charge in [-0.3, -0.25) is 9.69 Å². The zero-order valence-corrected chi connectivity index (χ0v) is 19.9. The van der Waals surface area contributed by atoms with Crippen LogP contribution in [0.2, 0.25) is 0 Å². The van der Waals surface area contributed by atoms with Crippen LogP contribution >= 0.6 is 0 Å². The molecule has 4 aliphatic carbocycles. The highest BCUT2D eigenvalue weighted by molar-refractivity contribution is 5.91. The zero-order chi connectivity index (χ0) is 23.3. The second kappa shape index (κ2) is 8.59. The summed E-state index contributed by atoms with van der Waals surface area (Å²) >= 11 is 0. The molecule has 34 heavy (non-hydrogen) atoms. The predicted molar refractivity (Wildman–Crippen MR) is 127 cm³/mol. The Labute approximate surface area is 200 Å². The lowest BCUT2D eigenvalue weighted by Crippen LogP contribution is -2.47. The first kappa shape index (κ1) is 22.0. The van der Waals surface area contributed by atoms with E-state index in [1.165, 1.54) is 50.9 Å². The summed E-state index contributed by atoms with van der Waals surface area (Å²) in [4.78, 5) is 24.3. The minimum atomic E-state index is -0.230. The third-order valence-corrected chi connectivity index (χ3v) is 8.69. The molecule has 4 fully saturated rings. The van der Waals surface area contributed by atoms with Crippen LogP contribution in [0, 0.1) is 29.0 Å². The lowest BCUT2D eigenvalue weighted by molar-refractivity contribution is -0.124. The van der Waals surface area contributed by atoms with Crippen molar-refractivity contribution in [1.29, 1.82) is 0 Å². The van der Waals surface area contributed by atoms with Crippen molar-refractivity contribution >= 4 is 11.7 Å². The second-order valence-corrected chi connectivity index (χ2v) is 11.2. The van der Waals surface area contributed by atoms with E-state index in [1.54, 1.807) is 19.2 Å². The smallest absolute Gasteiger partial charge is 0.226 e. The standard InChI is InChI=1S/C27H33FN4O2/c1-34-21-2-3-23(28)20(9-21)14-32-5-4-22-24(15-32)29-16-30-26(22)31-25(33)13-27-10-17-6-18(11-27)8-19(7-17)12-27/h2-3,9,16-19H,4-8,10-15H2,1H3,(H,29,30,31,33). The Kier molecular flexibility index (Phi) is 5.55. The topological polar surface area (TPSA) is 67.3 Å². The molecule has 1 aromatic carbocycles. The van der Waals surface area contributed by atoms with E-state index in [1.807, 2.05) is 0 Å². The molecular formula is C27H33FN4O2. The summed E-state index contributed by atoms with van der Waals surface area (Å²) in [5.41, 5.74) is 2.75. The normalized spacial score (nSPS) is 29.6. The van der Waals surface area contributed by atoms with Crippen molar-refractivity contribution in [2.45, 2.75) is 64.5 Å². The SMILES string of the molecule is COc1ccc(F)c(CN2CCc3c(ncnc3NC(=O)CC34CC5CC(CC(C5)C3)C4)C2)c1. The van der Waals surface area contributed by atoms with E-state index in [0.29, 0.717) is 36.6 Å². The number of nitrogens with one attached hydrogen (secondary N) is 1. The Bertz CT molecular complexity index is 1070. The van der Waals surface area contributed by atoms with Crippen LogP contribution in [0.1, 0.15) is 61.8 Å². The second-order valence-electron chi connectivity index (χ2n) is 11.2. The number of nitrogens with zero attached hydrogens (tertiary/aromatic N) is 3. The third kappa shape index (κ3) is 4.19. The first-order chi connectivity index (χ1) is 16.5. The van der Waals surface area contributed by atoms with Crippen LogP contribution in [0.15, 0.2) is 24.5 Å². The van der Waals surface area contributed by atoms with E-state index in [2.05, 4.69) is 20.2 Å². The molecule has 1 amide bonds. The maximum Gasteiger partial charge on any atom is 0.226 e. The molecule has 6 nitrogen and oxygen atoms in total. The average molecular weight is 465 g/mol. The molecule has 180 valence electrons. The van der Waals surface area contributed by atoms with Crippen molar-refractivity contribution in [3.63, 3.8) is 0 Å². The Hall–Kier alpha value is -2.54. The number of anilines is 1. The van der Waals surface area contributed by atoms with Gasteiger partial charge in [-0.05, 0) is 86.3 Å². The molecule has 2 aromatic rings. The highest BCUT2D eigenvalue weighted by Crippen LogP contribution is 2.61. The number of methoxy groups -OCH3 is 1. The van der Waals surface area contributed by atoms with E-state index in [-0.39, 0.29) is 17.1 Å². The number of rotatable bonds is 6. The van der Waals surface area contributed by atoms with Crippen molar-refractivity contribution in [2.75, 3.05) is 19.0 Å². The summed E-state index contributed by atoms with van der Waals surface area (Å²) in [6.07, 6.45) is 10.7. The number of hydrogen-bond donors (Lipinski definition) is 1. The Morgan fingerprint density at radius 3 is 2.62 bits per heavy atom. The number of benzene rings is 1. The van der Waals surface area contributed by atoms with E-state index >= 15 is 0 Å². The number of halogens is 1. The van der Waals surface area contributed by atoms with Gasteiger partial charge in [0.25, 0.3) is 0 Å². The lowest BCUT2D eigenvalue weighted by atomic mass is 9.49. The molecule has 4 bridgehead atoms. The number of aromatic nitrogens is 2. The summed E-state index contributed by atoms with van der Waals surface area (Å²) in [7, 11) is 1.59. The van der Waals surface area contributed by atoms with Crippen molar-refractivity contribution < 1.29 is 13.9 Å². The summed E-state index contributed by atoms with van der Waals surface area (Å²) in [6, 6.07) is 4.84. The number of carbonyl (C=O) groups is 1. The highest BCUT2D eigenvalue weighted by Gasteiger charge is 2.51. The molecule has 1 N–H and O–H groups in total. The zero-order valence-electron chi connectivity index (χ0n) is 19.9. The fourth-order valence-corrected chi connectivity index (χ4v) is 7.71. The van der Waals surface area contributed by atoms with Crippen LogP contribution in [0.5, 0.6) is 5.75 Å². The Balaban J connectivity index is 1.13. The maximum absolute atomic E-state index is 14.3. The fraction of sp³-hybridized carbons (Fsp3) is 0.593. The molecule has 0 radical (unpaired) electrons. The predicted octanol–water partition coefficient (Wildman–Crippen LogP) is 4.73. The van der Waals surface area contributed by atoms with Crippen LogP contribution < -0.4 is 10.1 Å². The number of carbonyl (C=O) groups excluding carboxylic acids is 1. The largest absolute Gasteiger partial charge is 0.497 e. The fourth-order valence-electron chi connectivity index (χ4n) is 7.71. The lowest BCUT2D eigenvalue weighted by Gasteiger charge is -2.56. The maximum atomic E-state index is 14.3. The molecule has 7 heteroatoms. The molecule has 7 rings (SSSR count). The molecule has 1 aliphatic heterocycles. The van der Waals surface area contributed by atoms with Crippen LogP contribution in [-0.2, 0) is 24.3 Å². The molecule has 0 unspecified atom stereocenters. The first-order valence-corrected chi connectivity index (χ1v) is 12.7. The number of amides is 1. The van der Waals surface area contributed by atoms with Crippen LogP contribution in [0.25, 0.3) is 0 Å². The van der Waals surface area contributed by atoms with E-state index < -0.39 is 0 Å². The number of hydrogen-bond acceptors (Lipinski definition) is 5. The summed E-state index contributed by atoms with van der Waals surface area (Å²) in [5.74, 6) is 3.70. The van der Waals surface area contributed by atoms with Gasteiger partial charge in [-0.2, -0.15) is 0 Å². The third-order valence-electron chi connectivity index (χ3n) is 8.69. The van der Waals surface area contributed by atoms with E-state index in [4.69, 9.17) is 4.74 Å². The summed E-state index contributed by atoms with van der Waals surface area (Å²) in [6.45, 7) is 1.85. The molecule has 0 atom stereocenters. The number of fused-ring (bicyclic) bond motifs is 1. The van der Waals surface area contributed by atoms with Gasteiger partial charge in [-0.1, -0.05) is 0 Å². The van der Waals surface area contributed by atoms with Crippen LogP contribution in [0.4, 0.5) is 10.2 Å². The van der Waals surface area contributed by atoms with Crippen molar-refractivity contribution in [3.05, 3.63) is 47.2 Å². The van der Waals surface area contributed by atoms with Gasteiger partial charge < -0.3 is 10.1 Å². The van der Waals surface area contributed by atoms with Gasteiger partial charge in [0.1, 0.15) is 23.7 Å². The van der Waals surface area contributed by atoms with E-state index in [9.17, 15) is 9.18 Å². The monoisotopic (exact) mass is 464 g/mol. The van der Waals surface area contributed by atoms with Crippen molar-refractivity contribution in [3.8, 4) is 5.75 Å².